The zero-order valence-corrected chi connectivity index (χ0v) is 24.1. The summed E-state index contributed by atoms with van der Waals surface area (Å²) in [4.78, 5) is 45.2. The predicted molar refractivity (Wildman–Crippen MR) is 147 cm³/mol. The zero-order chi connectivity index (χ0) is 26.6. The number of carbonyl (C=O) groups excluding carboxylic acids is 3. The summed E-state index contributed by atoms with van der Waals surface area (Å²) in [6, 6.07) is -1.26. The van der Waals surface area contributed by atoms with Crippen LogP contribution in [0.2, 0.25) is 0 Å². The highest BCUT2D eigenvalue weighted by Crippen LogP contribution is 2.68. The first-order chi connectivity index (χ1) is 17.2. The molecule has 1 spiro atoms. The van der Waals surface area contributed by atoms with Crippen LogP contribution < -0.4 is 0 Å². The van der Waals surface area contributed by atoms with Gasteiger partial charge in [-0.3, -0.25) is 14.4 Å². The molecule has 1 N–H and O–H groups in total. The molecule has 9 heteroatoms. The first-order valence-corrected chi connectivity index (χ1v) is 14.9. The molecule has 0 radical (unpaired) electrons. The third-order valence-corrected chi connectivity index (χ3v) is 11.0. The van der Waals surface area contributed by atoms with Crippen molar-refractivity contribution in [3.8, 4) is 0 Å². The van der Waals surface area contributed by atoms with Gasteiger partial charge in [0, 0.05) is 23.2 Å². The summed E-state index contributed by atoms with van der Waals surface area (Å²) in [5, 5.41) is 10.2. The number of carbonyl (C=O) groups is 3. The first-order valence-electron chi connectivity index (χ1n) is 13.1. The van der Waals surface area contributed by atoms with Crippen molar-refractivity contribution in [1.82, 2.24) is 9.80 Å². The standard InChI is InChI=1S/C27H41BrN2O5S/c1-6-9-11-14-35-26(34)20-21-24(32)30(19(16-31)17(4)5)23(27(21)15-18(28)22(20)36-27)25(33)29(12-8-3)13-10-7-2/h6,8,17-23,31H,1,3,7,9-16H2,2,4-5H3/t18?,19-,20-,21-,22-,23?,27?/m0/s1. The number of alkyl halides is 1. The van der Waals surface area contributed by atoms with Crippen LogP contribution in [0.15, 0.2) is 25.3 Å². The summed E-state index contributed by atoms with van der Waals surface area (Å²) in [6.45, 7) is 14.5. The van der Waals surface area contributed by atoms with Crippen LogP contribution in [-0.2, 0) is 19.1 Å². The summed E-state index contributed by atoms with van der Waals surface area (Å²) in [5.74, 6) is -2.03. The van der Waals surface area contributed by atoms with E-state index >= 15 is 0 Å². The number of rotatable bonds is 14. The molecule has 3 heterocycles. The number of nitrogens with zero attached hydrogens (tertiary/aromatic N) is 2. The fraction of sp³-hybridized carbons (Fsp3) is 0.741. The minimum atomic E-state index is -0.750. The Bertz CT molecular complexity index is 854. The summed E-state index contributed by atoms with van der Waals surface area (Å²) >= 11 is 5.37. The van der Waals surface area contributed by atoms with Crippen LogP contribution in [0.4, 0.5) is 0 Å². The molecule has 3 saturated heterocycles. The molecule has 3 rings (SSSR count). The number of esters is 1. The largest absolute Gasteiger partial charge is 0.465 e. The van der Waals surface area contributed by atoms with E-state index in [2.05, 4.69) is 36.0 Å². The number of allylic oxidation sites excluding steroid dienone is 1. The lowest BCUT2D eigenvalue weighted by Gasteiger charge is -2.41. The van der Waals surface area contributed by atoms with Gasteiger partial charge in [0.2, 0.25) is 11.8 Å². The molecule has 7 nitrogen and oxygen atoms in total. The van der Waals surface area contributed by atoms with Gasteiger partial charge in [-0.05, 0) is 31.6 Å². The third kappa shape index (κ3) is 5.17. The number of fused-ring (bicyclic) bond motifs is 1. The molecule has 3 aliphatic rings. The Morgan fingerprint density at radius 1 is 1.33 bits per heavy atom. The van der Waals surface area contributed by atoms with Crippen molar-refractivity contribution in [3.05, 3.63) is 25.3 Å². The van der Waals surface area contributed by atoms with E-state index in [0.717, 1.165) is 19.3 Å². The molecule has 0 aromatic carbocycles. The highest BCUT2D eigenvalue weighted by molar-refractivity contribution is 9.09. The van der Waals surface area contributed by atoms with Crippen LogP contribution >= 0.6 is 27.7 Å². The lowest BCUT2D eigenvalue weighted by atomic mass is 9.71. The molecule has 7 atom stereocenters. The van der Waals surface area contributed by atoms with E-state index in [1.807, 2.05) is 13.8 Å². The normalized spacial score (nSPS) is 31.4. The maximum atomic E-state index is 14.2. The van der Waals surface area contributed by atoms with Crippen LogP contribution in [0.1, 0.15) is 52.9 Å². The molecule has 3 unspecified atom stereocenters. The molecular weight excluding hydrogens is 544 g/mol. The van der Waals surface area contributed by atoms with Crippen molar-refractivity contribution in [3.63, 3.8) is 0 Å². The molecule has 2 amide bonds. The van der Waals surface area contributed by atoms with Crippen LogP contribution in [0.3, 0.4) is 0 Å². The first kappa shape index (κ1) is 29.2. The Morgan fingerprint density at radius 2 is 2.06 bits per heavy atom. The van der Waals surface area contributed by atoms with Crippen molar-refractivity contribution in [2.45, 2.75) is 79.8 Å². The van der Waals surface area contributed by atoms with Gasteiger partial charge in [0.1, 0.15) is 6.04 Å². The van der Waals surface area contributed by atoms with E-state index in [1.54, 1.807) is 33.7 Å². The average Bonchev–Trinajstić information content (AvgIpc) is 3.43. The minimum absolute atomic E-state index is 0.0114. The Kier molecular flexibility index (Phi) is 10.1. The maximum absolute atomic E-state index is 14.2. The molecule has 0 aromatic rings. The number of likely N-dealkylation sites (tertiary alicyclic amines) is 1. The Labute approximate surface area is 228 Å². The molecule has 0 aliphatic carbocycles. The van der Waals surface area contributed by atoms with E-state index < -0.39 is 28.7 Å². The smallest absolute Gasteiger partial charge is 0.310 e. The van der Waals surface area contributed by atoms with Crippen molar-refractivity contribution in [2.24, 2.45) is 17.8 Å². The van der Waals surface area contributed by atoms with Gasteiger partial charge in [0.05, 0.1) is 35.8 Å². The SMILES string of the molecule is C=CCCCOC(=O)[C@H]1[C@H]2C(=O)N([C@@H](CO)C(C)C)C(C(=O)N(CC=C)CCCC)C23CC(Br)[C@@H]1S3. The van der Waals surface area contributed by atoms with Crippen molar-refractivity contribution < 1.29 is 24.2 Å². The lowest BCUT2D eigenvalue weighted by molar-refractivity contribution is -0.154. The molecule has 3 aliphatic heterocycles. The van der Waals surface area contributed by atoms with Gasteiger partial charge in [-0.2, -0.15) is 0 Å². The van der Waals surface area contributed by atoms with Crippen molar-refractivity contribution in [1.29, 1.82) is 0 Å². The average molecular weight is 586 g/mol. The van der Waals surface area contributed by atoms with Gasteiger partial charge in [-0.15, -0.1) is 24.9 Å². The summed E-state index contributed by atoms with van der Waals surface area (Å²) in [6.07, 6.45) is 7.32. The number of aliphatic hydroxyl groups excluding tert-OH is 1. The van der Waals surface area contributed by atoms with E-state index in [4.69, 9.17) is 4.74 Å². The van der Waals surface area contributed by atoms with Gasteiger partial charge >= 0.3 is 5.97 Å². The second-order valence-corrected chi connectivity index (χ2v) is 13.1. The number of hydrogen-bond acceptors (Lipinski definition) is 6. The van der Waals surface area contributed by atoms with Gasteiger partial charge in [0.15, 0.2) is 0 Å². The van der Waals surface area contributed by atoms with Crippen molar-refractivity contribution in [2.75, 3.05) is 26.3 Å². The summed E-state index contributed by atoms with van der Waals surface area (Å²) < 4.78 is 4.89. The Morgan fingerprint density at radius 3 is 2.64 bits per heavy atom. The number of thioether (sulfide) groups is 1. The summed E-state index contributed by atoms with van der Waals surface area (Å²) in [5.41, 5.74) is 0. The Hall–Kier alpha value is -1.32. The van der Waals surface area contributed by atoms with Gasteiger partial charge < -0.3 is 19.6 Å². The highest BCUT2D eigenvalue weighted by Gasteiger charge is 2.76. The predicted octanol–water partition coefficient (Wildman–Crippen LogP) is 3.79. The number of ether oxygens (including phenoxy) is 1. The van der Waals surface area contributed by atoms with Crippen LogP contribution in [0.25, 0.3) is 0 Å². The van der Waals surface area contributed by atoms with Gasteiger partial charge in [0.25, 0.3) is 0 Å². The summed E-state index contributed by atoms with van der Waals surface area (Å²) in [7, 11) is 0. The van der Waals surface area contributed by atoms with Crippen LogP contribution in [0.5, 0.6) is 0 Å². The molecule has 202 valence electrons. The van der Waals surface area contributed by atoms with E-state index in [-0.39, 0.29) is 47.0 Å². The van der Waals surface area contributed by atoms with Crippen LogP contribution in [-0.4, -0.2) is 85.9 Å². The number of hydrogen-bond donors (Lipinski definition) is 1. The second-order valence-electron chi connectivity index (χ2n) is 10.4. The fourth-order valence-corrected chi connectivity index (χ4v) is 9.64. The lowest BCUT2D eigenvalue weighted by Crippen LogP contribution is -2.58. The van der Waals surface area contributed by atoms with Gasteiger partial charge in [-0.1, -0.05) is 55.3 Å². The van der Waals surface area contributed by atoms with Crippen LogP contribution in [0, 0.1) is 17.8 Å². The molecule has 0 aromatic heterocycles. The molecule has 36 heavy (non-hydrogen) atoms. The number of halogens is 1. The van der Waals surface area contributed by atoms with E-state index in [9.17, 15) is 19.5 Å². The highest BCUT2D eigenvalue weighted by atomic mass is 79.9. The minimum Gasteiger partial charge on any atom is -0.465 e. The van der Waals surface area contributed by atoms with Gasteiger partial charge in [-0.25, -0.2) is 0 Å². The van der Waals surface area contributed by atoms with E-state index in [0.29, 0.717) is 25.9 Å². The number of amides is 2. The number of aliphatic hydroxyl groups is 1. The molecule has 3 fully saturated rings. The zero-order valence-electron chi connectivity index (χ0n) is 21.7. The fourth-order valence-electron chi connectivity index (χ4n) is 6.06. The molecular formula is C27H41BrN2O5S. The quantitative estimate of drug-likeness (QED) is 0.145. The van der Waals surface area contributed by atoms with Crippen molar-refractivity contribution >= 4 is 45.5 Å². The molecule has 0 saturated carbocycles. The second kappa shape index (κ2) is 12.5. The van der Waals surface area contributed by atoms with E-state index in [1.165, 1.54) is 0 Å². The maximum Gasteiger partial charge on any atom is 0.310 e. The molecule has 2 bridgehead atoms. The monoisotopic (exact) mass is 584 g/mol. The topological polar surface area (TPSA) is 87.1 Å². The number of unbranched alkanes of at least 4 members (excludes halogenated alkanes) is 2. The third-order valence-electron chi connectivity index (χ3n) is 7.79. The Balaban J connectivity index is 2.03.